The molecule has 0 amide bonds. The van der Waals surface area contributed by atoms with Gasteiger partial charge in [-0.25, -0.2) is 4.39 Å². The fourth-order valence-electron chi connectivity index (χ4n) is 2.06. The average Bonchev–Trinajstić information content (AvgIpc) is 2.73. The van der Waals surface area contributed by atoms with Crippen LogP contribution in [0.2, 0.25) is 0 Å². The minimum atomic E-state index is -0.463. The van der Waals surface area contributed by atoms with E-state index in [-0.39, 0.29) is 5.75 Å². The Bertz CT molecular complexity index is 442. The molecule has 3 nitrogen and oxygen atoms in total. The van der Waals surface area contributed by atoms with Crippen LogP contribution in [0.15, 0.2) is 18.2 Å². The first-order valence-corrected chi connectivity index (χ1v) is 5.70. The molecule has 0 aromatic heterocycles. The summed E-state index contributed by atoms with van der Waals surface area (Å²) in [5, 5.41) is 8.62. The molecule has 1 aromatic carbocycles. The van der Waals surface area contributed by atoms with E-state index < -0.39 is 5.82 Å². The second-order valence-electron chi connectivity index (χ2n) is 4.48. The van der Waals surface area contributed by atoms with E-state index in [9.17, 15) is 4.39 Å². The largest absolute Gasteiger partial charge is 0.490 e. The van der Waals surface area contributed by atoms with Crippen LogP contribution in [0, 0.1) is 23.1 Å². The van der Waals surface area contributed by atoms with Crippen molar-refractivity contribution >= 4 is 0 Å². The molecular formula is C13H15FN2O. The zero-order valence-corrected chi connectivity index (χ0v) is 9.82. The van der Waals surface area contributed by atoms with Gasteiger partial charge < -0.3 is 9.64 Å². The van der Waals surface area contributed by atoms with Crippen molar-refractivity contribution < 1.29 is 9.13 Å². The number of rotatable bonds is 3. The molecule has 1 fully saturated rings. The number of nitriles is 1. The molecule has 1 heterocycles. The number of nitrogens with zero attached hydrogens (tertiary/aromatic N) is 2. The van der Waals surface area contributed by atoms with Gasteiger partial charge in [0.05, 0.1) is 18.2 Å². The van der Waals surface area contributed by atoms with Gasteiger partial charge in [0.15, 0.2) is 11.6 Å². The molecule has 1 aromatic rings. The van der Waals surface area contributed by atoms with E-state index in [2.05, 4.69) is 11.9 Å². The maximum absolute atomic E-state index is 13.5. The lowest BCUT2D eigenvalue weighted by Gasteiger charge is -2.12. The minimum absolute atomic E-state index is 0.235. The zero-order valence-electron chi connectivity index (χ0n) is 9.82. The molecule has 0 spiro atoms. The molecule has 1 aliphatic heterocycles. The third kappa shape index (κ3) is 2.95. The molecule has 1 unspecified atom stereocenters. The lowest BCUT2D eigenvalue weighted by atomic mass is 10.1. The second kappa shape index (κ2) is 5.15. The van der Waals surface area contributed by atoms with Crippen molar-refractivity contribution in [1.82, 2.24) is 4.90 Å². The molecule has 0 radical (unpaired) electrons. The lowest BCUT2D eigenvalue weighted by molar-refractivity contribution is 0.239. The van der Waals surface area contributed by atoms with Gasteiger partial charge >= 0.3 is 0 Å². The van der Waals surface area contributed by atoms with Crippen LogP contribution in [-0.4, -0.2) is 31.6 Å². The van der Waals surface area contributed by atoms with Crippen molar-refractivity contribution in [3.8, 4) is 11.8 Å². The average molecular weight is 234 g/mol. The summed E-state index contributed by atoms with van der Waals surface area (Å²) >= 11 is 0. The highest BCUT2D eigenvalue weighted by Gasteiger charge is 2.20. The van der Waals surface area contributed by atoms with E-state index in [1.165, 1.54) is 12.1 Å². The molecule has 0 N–H and O–H groups in total. The Morgan fingerprint density at radius 3 is 3.00 bits per heavy atom. The maximum Gasteiger partial charge on any atom is 0.166 e. The SMILES string of the molecule is CN1CCC(COc2ccc(C#N)cc2F)C1. The Morgan fingerprint density at radius 1 is 1.59 bits per heavy atom. The third-order valence-electron chi connectivity index (χ3n) is 3.02. The number of ether oxygens (including phenoxy) is 1. The summed E-state index contributed by atoms with van der Waals surface area (Å²) in [5.74, 6) is 0.240. The van der Waals surface area contributed by atoms with Gasteiger partial charge in [0.25, 0.3) is 0 Å². The molecule has 1 aliphatic rings. The Balaban J connectivity index is 1.93. The van der Waals surface area contributed by atoms with Crippen LogP contribution in [0.5, 0.6) is 5.75 Å². The summed E-state index contributed by atoms with van der Waals surface area (Å²) in [6.07, 6.45) is 1.09. The van der Waals surface area contributed by atoms with Gasteiger partial charge in [0, 0.05) is 12.5 Å². The van der Waals surface area contributed by atoms with E-state index in [1.54, 1.807) is 6.07 Å². The number of likely N-dealkylation sites (tertiary alicyclic amines) is 1. The van der Waals surface area contributed by atoms with Gasteiger partial charge in [-0.05, 0) is 38.2 Å². The fraction of sp³-hybridized carbons (Fsp3) is 0.462. The van der Waals surface area contributed by atoms with Crippen LogP contribution < -0.4 is 4.74 Å². The van der Waals surface area contributed by atoms with E-state index in [4.69, 9.17) is 10.00 Å². The van der Waals surface area contributed by atoms with Crippen LogP contribution in [0.1, 0.15) is 12.0 Å². The number of hydrogen-bond donors (Lipinski definition) is 0. The first-order valence-electron chi connectivity index (χ1n) is 5.70. The highest BCUT2D eigenvalue weighted by Crippen LogP contribution is 2.21. The molecule has 0 saturated carbocycles. The van der Waals surface area contributed by atoms with Crippen LogP contribution in [-0.2, 0) is 0 Å². The fourth-order valence-corrected chi connectivity index (χ4v) is 2.06. The molecule has 2 rings (SSSR count). The summed E-state index contributed by atoms with van der Waals surface area (Å²) in [6, 6.07) is 6.19. The van der Waals surface area contributed by atoms with Crippen molar-refractivity contribution in [2.24, 2.45) is 5.92 Å². The van der Waals surface area contributed by atoms with Gasteiger partial charge in [0.2, 0.25) is 0 Å². The third-order valence-corrected chi connectivity index (χ3v) is 3.02. The van der Waals surface area contributed by atoms with Gasteiger partial charge in [-0.3, -0.25) is 0 Å². The molecule has 17 heavy (non-hydrogen) atoms. The van der Waals surface area contributed by atoms with Gasteiger partial charge in [0.1, 0.15) is 0 Å². The molecular weight excluding hydrogens is 219 g/mol. The second-order valence-corrected chi connectivity index (χ2v) is 4.48. The Kier molecular flexibility index (Phi) is 3.60. The van der Waals surface area contributed by atoms with Crippen molar-refractivity contribution in [2.75, 3.05) is 26.7 Å². The smallest absolute Gasteiger partial charge is 0.166 e. The summed E-state index contributed by atoms with van der Waals surface area (Å²) in [6.45, 7) is 2.61. The first kappa shape index (κ1) is 11.9. The summed E-state index contributed by atoms with van der Waals surface area (Å²) in [4.78, 5) is 2.24. The first-order chi connectivity index (χ1) is 8.19. The normalized spacial score (nSPS) is 20.2. The highest BCUT2D eigenvalue weighted by atomic mass is 19.1. The topological polar surface area (TPSA) is 36.3 Å². The van der Waals surface area contributed by atoms with Gasteiger partial charge in [-0.2, -0.15) is 5.26 Å². The minimum Gasteiger partial charge on any atom is -0.490 e. The van der Waals surface area contributed by atoms with E-state index in [0.717, 1.165) is 19.5 Å². The molecule has 1 atom stereocenters. The predicted molar refractivity (Wildman–Crippen MR) is 62.2 cm³/mol. The van der Waals surface area contributed by atoms with Gasteiger partial charge in [-0.1, -0.05) is 0 Å². The summed E-state index contributed by atoms with van der Waals surface area (Å²) < 4.78 is 19.0. The standard InChI is InChI=1S/C13H15FN2O/c1-16-5-4-11(8-16)9-17-13-3-2-10(7-15)6-12(13)14/h2-3,6,11H,4-5,8-9H2,1H3. The summed E-state index contributed by atoms with van der Waals surface area (Å²) in [5.41, 5.74) is 0.315. The van der Waals surface area contributed by atoms with E-state index in [1.807, 2.05) is 6.07 Å². The number of benzene rings is 1. The van der Waals surface area contributed by atoms with E-state index in [0.29, 0.717) is 18.1 Å². The molecule has 0 bridgehead atoms. The monoisotopic (exact) mass is 234 g/mol. The van der Waals surface area contributed by atoms with Crippen molar-refractivity contribution in [3.05, 3.63) is 29.6 Å². The number of halogens is 1. The van der Waals surface area contributed by atoms with E-state index >= 15 is 0 Å². The maximum atomic E-state index is 13.5. The van der Waals surface area contributed by atoms with Crippen molar-refractivity contribution in [3.63, 3.8) is 0 Å². The molecule has 90 valence electrons. The molecule has 0 aliphatic carbocycles. The Labute approximate surface area is 100 Å². The number of hydrogen-bond acceptors (Lipinski definition) is 3. The Hall–Kier alpha value is -1.60. The van der Waals surface area contributed by atoms with Crippen molar-refractivity contribution in [2.45, 2.75) is 6.42 Å². The quantitative estimate of drug-likeness (QED) is 0.802. The highest BCUT2D eigenvalue weighted by molar-refractivity contribution is 5.35. The van der Waals surface area contributed by atoms with Crippen molar-refractivity contribution in [1.29, 1.82) is 5.26 Å². The molecule has 4 heteroatoms. The van der Waals surface area contributed by atoms with Crippen LogP contribution in [0.3, 0.4) is 0 Å². The Morgan fingerprint density at radius 2 is 2.41 bits per heavy atom. The van der Waals surface area contributed by atoms with Gasteiger partial charge in [-0.15, -0.1) is 0 Å². The predicted octanol–water partition coefficient (Wildman–Crippen LogP) is 2.03. The van der Waals surface area contributed by atoms with Crippen LogP contribution in [0.25, 0.3) is 0 Å². The lowest BCUT2D eigenvalue weighted by Crippen LogP contribution is -2.18. The van der Waals surface area contributed by atoms with Crippen LogP contribution in [0.4, 0.5) is 4.39 Å². The van der Waals surface area contributed by atoms with Crippen LogP contribution >= 0.6 is 0 Å². The summed E-state index contributed by atoms with van der Waals surface area (Å²) in [7, 11) is 2.07. The molecule has 1 saturated heterocycles. The zero-order chi connectivity index (χ0) is 12.3.